The summed E-state index contributed by atoms with van der Waals surface area (Å²) in [5.74, 6) is -2.57. The van der Waals surface area contributed by atoms with Crippen LogP contribution in [-0.2, 0) is 92.0 Å². The zero-order valence-electron chi connectivity index (χ0n) is 45.0. The number of carbonyl (C=O) groups is 10. The summed E-state index contributed by atoms with van der Waals surface area (Å²) < 4.78 is 82.4. The second-order valence-corrected chi connectivity index (χ2v) is 24.3. The lowest BCUT2D eigenvalue weighted by molar-refractivity contribution is -0.145. The summed E-state index contributed by atoms with van der Waals surface area (Å²) in [6, 6.07) is -3.54. The summed E-state index contributed by atoms with van der Waals surface area (Å²) in [6.07, 6.45) is 8.67. The zero-order valence-corrected chi connectivity index (χ0v) is 49.1. The van der Waals surface area contributed by atoms with Crippen LogP contribution in [-0.4, -0.2) is 185 Å². The van der Waals surface area contributed by atoms with Gasteiger partial charge in [-0.1, -0.05) is 27.7 Å². The number of rotatable bonds is 25. The van der Waals surface area contributed by atoms with Crippen molar-refractivity contribution in [3.63, 3.8) is 0 Å². The molecule has 0 aliphatic carbocycles. The Balaban J connectivity index is -0.000000265. The minimum Gasteiger partial charge on any atom is -0.467 e. The van der Waals surface area contributed by atoms with Gasteiger partial charge < -0.3 is 40.8 Å². The van der Waals surface area contributed by atoms with Gasteiger partial charge in [-0.05, 0) is 68.0 Å². The molecule has 0 aliphatic heterocycles. The number of nitrogens with one attached hydrogen (secondary N) is 7. The summed E-state index contributed by atoms with van der Waals surface area (Å²) in [7, 11) is -6.52. The molecule has 0 bridgehead atoms. The number of thioether (sulfide) groups is 2. The summed E-state index contributed by atoms with van der Waals surface area (Å²) in [6.45, 7) is 14.3. The molecule has 428 valence electrons. The minimum atomic E-state index is -3.59. The van der Waals surface area contributed by atoms with Crippen LogP contribution in [0.15, 0.2) is 0 Å². The molecule has 26 nitrogen and oxygen atoms in total. The van der Waals surface area contributed by atoms with Crippen molar-refractivity contribution in [2.24, 2.45) is 11.8 Å². The third kappa shape index (κ3) is 53.4. The fourth-order valence-corrected chi connectivity index (χ4v) is 7.74. The van der Waals surface area contributed by atoms with E-state index in [0.29, 0.717) is 37.4 Å². The topological polar surface area (TPSA) is 385 Å². The van der Waals surface area contributed by atoms with Crippen molar-refractivity contribution in [2.45, 2.75) is 125 Å². The Kier molecular flexibility index (Phi) is 44.0. The highest BCUT2D eigenvalue weighted by Gasteiger charge is 2.25. The van der Waals surface area contributed by atoms with Crippen LogP contribution in [0.25, 0.3) is 0 Å². The third-order valence-electron chi connectivity index (χ3n) is 7.96. The molecule has 7 N–H and O–H groups in total. The Morgan fingerprint density at radius 2 is 0.685 bits per heavy atom. The standard InChI is InChI=1S/C9H18N2O4S.C9H17NO3.C8H16N2O4S2.C8H15NO5S.C8H15NO3S/c1-6(2)5-8(10-7(3)12)9(13)11-16(4,14)15;1-6(2)5-8(9(12)13-4)10-7(3)11;1-6(11)9-7(4-5-15-2)8(12)10-16(3,13)14;1-6(10)9-7(8(11)14-2)4-5-15(3,12)13;1-6(10)9-7(4-5-13-3)8(11)12-2/h6,8H,5H2,1-4H3,(H,10,12)(H,11,13);6,8H,5H2,1-4H3,(H,10,11);7H,4-5H2,1-3H3,(H,9,11)(H,10,12);7H,4-5H2,1-3H3,(H,9,10);7H,4-5H2,1-3H3,(H,9,10)/t2*8-;3*7-/m00000/s1. The molecule has 0 rings (SSSR count). The van der Waals surface area contributed by atoms with E-state index in [1.54, 1.807) is 11.8 Å². The number of ether oxygens (including phenoxy) is 3. The van der Waals surface area contributed by atoms with Crippen molar-refractivity contribution < 1.29 is 87.4 Å². The SMILES string of the molecule is CC(=O)N[C@@H](CC(C)C)C(=O)NS(C)(=O)=O.COC(=O)[C@H](CC(C)C)NC(C)=O.COC(=O)[C@H](CCS(C)(=O)=O)NC(C)=O.COC(=O)[C@H](CCSC)NC(C)=O.CSCC[C@H](NC(C)=O)C(=O)NS(C)(=O)=O. The van der Waals surface area contributed by atoms with Crippen LogP contribution in [0.4, 0.5) is 0 Å². The number of carbonyl (C=O) groups excluding carboxylic acids is 10. The molecule has 0 saturated heterocycles. The van der Waals surface area contributed by atoms with Gasteiger partial charge in [0.05, 0.1) is 39.6 Å². The smallest absolute Gasteiger partial charge is 0.328 e. The van der Waals surface area contributed by atoms with Gasteiger partial charge in [0, 0.05) is 40.9 Å². The summed E-state index contributed by atoms with van der Waals surface area (Å²) in [5, 5.41) is 12.2. The van der Waals surface area contributed by atoms with Gasteiger partial charge in [-0.3, -0.25) is 43.0 Å². The second-order valence-electron chi connectivity index (χ2n) is 16.6. The average molecular weight is 1150 g/mol. The number of hydrogen-bond donors (Lipinski definition) is 7. The Hall–Kier alpha value is -4.75. The van der Waals surface area contributed by atoms with E-state index in [2.05, 4.69) is 40.8 Å². The van der Waals surface area contributed by atoms with E-state index in [1.807, 2.05) is 49.7 Å². The highest BCUT2D eigenvalue weighted by Crippen LogP contribution is 2.07. The molecule has 7 amide bonds. The molecule has 0 radical (unpaired) electrons. The van der Waals surface area contributed by atoms with Gasteiger partial charge in [0.15, 0.2) is 0 Å². The molecule has 0 unspecified atom stereocenters. The molecule has 0 aromatic rings. The lowest BCUT2D eigenvalue weighted by atomic mass is 10.0. The van der Waals surface area contributed by atoms with Crippen molar-refractivity contribution in [3.05, 3.63) is 0 Å². The monoisotopic (exact) mass is 1150 g/mol. The van der Waals surface area contributed by atoms with Crippen LogP contribution in [0, 0.1) is 11.8 Å². The average Bonchev–Trinajstić information content (AvgIpc) is 3.22. The number of amides is 7. The molecule has 0 fully saturated rings. The number of sulfone groups is 1. The molecule has 0 aromatic carbocycles. The first kappa shape index (κ1) is 77.2. The van der Waals surface area contributed by atoms with E-state index in [-0.39, 0.29) is 53.7 Å². The predicted octanol–water partition coefficient (Wildman–Crippen LogP) is -0.841. The van der Waals surface area contributed by atoms with Crippen LogP contribution in [0.1, 0.15) is 94.4 Å². The van der Waals surface area contributed by atoms with E-state index >= 15 is 0 Å². The second kappa shape index (κ2) is 41.6. The maximum Gasteiger partial charge on any atom is 0.328 e. The van der Waals surface area contributed by atoms with E-state index in [4.69, 9.17) is 0 Å². The predicted molar refractivity (Wildman–Crippen MR) is 279 cm³/mol. The lowest BCUT2D eigenvalue weighted by Gasteiger charge is -2.18. The summed E-state index contributed by atoms with van der Waals surface area (Å²) >= 11 is 3.14. The maximum absolute atomic E-state index is 11.5. The van der Waals surface area contributed by atoms with Gasteiger partial charge >= 0.3 is 17.9 Å². The third-order valence-corrected chi connectivity index (χ3v) is 11.4. The van der Waals surface area contributed by atoms with Crippen molar-refractivity contribution in [1.29, 1.82) is 0 Å². The Labute approximate surface area is 440 Å². The number of esters is 3. The zero-order chi connectivity index (χ0) is 58.5. The molecule has 5 atom stereocenters. The molecule has 0 heterocycles. The highest BCUT2D eigenvalue weighted by atomic mass is 32.2. The van der Waals surface area contributed by atoms with E-state index in [0.717, 1.165) is 24.5 Å². The quantitative estimate of drug-likeness (QED) is 0.0433. The molecule has 0 spiro atoms. The van der Waals surface area contributed by atoms with Gasteiger partial charge in [-0.2, -0.15) is 23.5 Å². The first-order valence-corrected chi connectivity index (χ1v) is 30.6. The largest absolute Gasteiger partial charge is 0.467 e. The van der Waals surface area contributed by atoms with Gasteiger partial charge in [-0.25, -0.2) is 39.6 Å². The lowest BCUT2D eigenvalue weighted by Crippen LogP contribution is -2.48. The number of hydrogen-bond acceptors (Lipinski definition) is 21. The Morgan fingerprint density at radius 1 is 0.425 bits per heavy atom. The van der Waals surface area contributed by atoms with Crippen LogP contribution in [0.2, 0.25) is 0 Å². The summed E-state index contributed by atoms with van der Waals surface area (Å²) in [4.78, 5) is 110. The van der Waals surface area contributed by atoms with Gasteiger partial charge in [-0.15, -0.1) is 0 Å². The van der Waals surface area contributed by atoms with Crippen molar-refractivity contribution >= 4 is 113 Å². The van der Waals surface area contributed by atoms with E-state index in [1.165, 1.54) is 67.7 Å². The first-order valence-electron chi connectivity index (χ1n) is 22.0. The fourth-order valence-electron chi connectivity index (χ4n) is 5.12. The van der Waals surface area contributed by atoms with Crippen LogP contribution in [0.3, 0.4) is 0 Å². The Morgan fingerprint density at radius 3 is 0.973 bits per heavy atom. The van der Waals surface area contributed by atoms with Crippen molar-refractivity contribution in [2.75, 3.05) is 69.9 Å². The molecular weight excluding hydrogens is 1070 g/mol. The Bertz CT molecular complexity index is 2090. The fraction of sp³-hybridized carbons (Fsp3) is 0.762. The number of sulfonamides is 2. The van der Waals surface area contributed by atoms with Crippen molar-refractivity contribution in [1.82, 2.24) is 36.0 Å². The van der Waals surface area contributed by atoms with Crippen LogP contribution >= 0.6 is 23.5 Å². The molecule has 31 heteroatoms. The molecule has 73 heavy (non-hydrogen) atoms. The molecule has 0 aliphatic rings. The van der Waals surface area contributed by atoms with Gasteiger partial charge in [0.25, 0.3) is 11.8 Å². The van der Waals surface area contributed by atoms with E-state index in [9.17, 15) is 73.2 Å². The molecule has 0 saturated carbocycles. The van der Waals surface area contributed by atoms with Crippen LogP contribution in [0.5, 0.6) is 0 Å². The molecular formula is C42H81N7O19S5. The van der Waals surface area contributed by atoms with E-state index < -0.39 is 83.8 Å². The minimum absolute atomic E-state index is 0.0189. The first-order chi connectivity index (χ1) is 33.2. The number of methoxy groups -OCH3 is 3. The normalized spacial score (nSPS) is 12.8. The molecule has 0 aromatic heterocycles. The van der Waals surface area contributed by atoms with Gasteiger partial charge in [0.2, 0.25) is 49.6 Å². The summed E-state index contributed by atoms with van der Waals surface area (Å²) in [5.41, 5.74) is 0. The maximum atomic E-state index is 11.5. The van der Waals surface area contributed by atoms with Gasteiger partial charge in [0.1, 0.15) is 40.0 Å². The highest BCUT2D eigenvalue weighted by molar-refractivity contribution is 7.98. The van der Waals surface area contributed by atoms with Crippen LogP contribution < -0.4 is 36.0 Å². The van der Waals surface area contributed by atoms with Crippen molar-refractivity contribution in [3.8, 4) is 0 Å².